The van der Waals surface area contributed by atoms with Crippen molar-refractivity contribution in [2.75, 3.05) is 13.2 Å². The molecule has 3 rings (SSSR count). The average molecular weight is 432 g/mol. The maximum atomic E-state index is 13.4. The first kappa shape index (κ1) is 23.4. The number of aldehydes is 1. The number of fused-ring (bicyclic) bond motifs is 1. The van der Waals surface area contributed by atoms with Gasteiger partial charge in [0.25, 0.3) is 0 Å². The zero-order valence-electron chi connectivity index (χ0n) is 18.3. The molecule has 0 fully saturated rings. The maximum Gasteiger partial charge on any atom is 0.126 e. The van der Waals surface area contributed by atoms with E-state index >= 15 is 0 Å². The molecule has 1 aliphatic rings. The van der Waals surface area contributed by atoms with Crippen LogP contribution in [0.2, 0.25) is 0 Å². The van der Waals surface area contributed by atoms with Gasteiger partial charge in [0.2, 0.25) is 0 Å². The molecular weight excluding hydrogens is 400 g/mol. The Bertz CT molecular complexity index is 890. The largest absolute Gasteiger partial charge is 0.493 e. The molecule has 0 aromatic heterocycles. The highest BCUT2D eigenvalue weighted by atomic mass is 19.1. The quantitative estimate of drug-likeness (QED) is 0.609. The molecule has 4 nitrogen and oxygen atoms in total. The Morgan fingerprint density at radius 1 is 1.16 bits per heavy atom. The van der Waals surface area contributed by atoms with E-state index < -0.39 is 23.7 Å². The van der Waals surface area contributed by atoms with Crippen LogP contribution in [0.1, 0.15) is 49.9 Å². The van der Waals surface area contributed by atoms with E-state index in [4.69, 9.17) is 4.74 Å². The lowest BCUT2D eigenvalue weighted by Gasteiger charge is -2.29. The third-order valence-electron chi connectivity index (χ3n) is 5.48. The van der Waals surface area contributed by atoms with Crippen molar-refractivity contribution in [3.8, 4) is 5.75 Å². The van der Waals surface area contributed by atoms with E-state index in [1.807, 2.05) is 6.07 Å². The Hall–Kier alpha value is -2.31. The van der Waals surface area contributed by atoms with E-state index in [-0.39, 0.29) is 24.4 Å². The van der Waals surface area contributed by atoms with Crippen molar-refractivity contribution in [3.63, 3.8) is 0 Å². The maximum absolute atomic E-state index is 13.4. The van der Waals surface area contributed by atoms with Gasteiger partial charge in [-0.15, -0.1) is 0 Å². The summed E-state index contributed by atoms with van der Waals surface area (Å²) in [6, 6.07) is 9.38. The van der Waals surface area contributed by atoms with Gasteiger partial charge >= 0.3 is 0 Å². The normalized spacial score (nSPS) is 18.1. The third-order valence-corrected chi connectivity index (χ3v) is 5.48. The number of aliphatic hydroxyl groups excluding tert-OH is 1. The van der Waals surface area contributed by atoms with E-state index in [9.17, 15) is 18.7 Å². The lowest BCUT2D eigenvalue weighted by Crippen LogP contribution is -2.38. The smallest absolute Gasteiger partial charge is 0.126 e. The Kier molecular flexibility index (Phi) is 7.44. The highest BCUT2D eigenvalue weighted by molar-refractivity contribution is 5.55. The summed E-state index contributed by atoms with van der Waals surface area (Å²) in [5, 5.41) is 13.9. The van der Waals surface area contributed by atoms with Gasteiger partial charge in [0.05, 0.1) is 12.7 Å². The molecule has 3 atom stereocenters. The van der Waals surface area contributed by atoms with E-state index in [2.05, 4.69) is 38.2 Å². The summed E-state index contributed by atoms with van der Waals surface area (Å²) in [7, 11) is 0. The highest BCUT2D eigenvalue weighted by Gasteiger charge is 2.25. The van der Waals surface area contributed by atoms with Gasteiger partial charge in [-0.05, 0) is 47.6 Å². The second-order valence-corrected chi connectivity index (χ2v) is 9.56. The predicted molar refractivity (Wildman–Crippen MR) is 116 cm³/mol. The number of rotatable bonds is 8. The summed E-state index contributed by atoms with van der Waals surface area (Å²) in [5.41, 5.74) is 2.78. The van der Waals surface area contributed by atoms with E-state index in [1.165, 1.54) is 17.7 Å². The molecule has 168 valence electrons. The fourth-order valence-electron chi connectivity index (χ4n) is 4.07. The molecule has 0 bridgehead atoms. The molecule has 0 saturated heterocycles. The first-order chi connectivity index (χ1) is 14.6. The van der Waals surface area contributed by atoms with Crippen LogP contribution in [0.3, 0.4) is 0 Å². The SMILES string of the molecule is CC(C)(C)Cc1ccc2c(c1)C(NCC(O)C(C=O)Cc1cc(F)cc(F)c1)CCO2. The third kappa shape index (κ3) is 6.58. The minimum atomic E-state index is -0.979. The number of ether oxygens (including phenoxy) is 1. The number of carbonyl (C=O) groups excluding carboxylic acids is 1. The molecule has 1 heterocycles. The molecule has 3 unspecified atom stereocenters. The van der Waals surface area contributed by atoms with Gasteiger partial charge in [0.15, 0.2) is 0 Å². The fraction of sp³-hybridized carbons (Fsp3) is 0.480. The highest BCUT2D eigenvalue weighted by Crippen LogP contribution is 2.34. The Morgan fingerprint density at radius 3 is 2.52 bits per heavy atom. The van der Waals surface area contributed by atoms with Gasteiger partial charge in [-0.25, -0.2) is 8.78 Å². The number of aliphatic hydroxyl groups is 1. The molecule has 2 N–H and O–H groups in total. The van der Waals surface area contributed by atoms with Gasteiger partial charge in [-0.1, -0.05) is 32.9 Å². The first-order valence-electron chi connectivity index (χ1n) is 10.7. The Labute approximate surface area is 182 Å². The molecule has 0 radical (unpaired) electrons. The van der Waals surface area contributed by atoms with Crippen LogP contribution < -0.4 is 10.1 Å². The van der Waals surface area contributed by atoms with Crippen LogP contribution in [0.15, 0.2) is 36.4 Å². The van der Waals surface area contributed by atoms with Crippen LogP contribution in [-0.2, 0) is 17.6 Å². The summed E-state index contributed by atoms with van der Waals surface area (Å²) < 4.78 is 32.7. The van der Waals surface area contributed by atoms with Gasteiger partial charge in [-0.2, -0.15) is 0 Å². The number of benzene rings is 2. The summed E-state index contributed by atoms with van der Waals surface area (Å²) in [4.78, 5) is 11.6. The van der Waals surface area contributed by atoms with Crippen molar-refractivity contribution in [3.05, 3.63) is 64.7 Å². The molecule has 31 heavy (non-hydrogen) atoms. The van der Waals surface area contributed by atoms with E-state index in [0.717, 1.165) is 30.2 Å². The minimum absolute atomic E-state index is 0.00256. The van der Waals surface area contributed by atoms with E-state index in [1.54, 1.807) is 0 Å². The van der Waals surface area contributed by atoms with Crippen LogP contribution in [0, 0.1) is 23.0 Å². The van der Waals surface area contributed by atoms with Crippen LogP contribution in [0.4, 0.5) is 8.78 Å². The van der Waals surface area contributed by atoms with Gasteiger partial charge in [-0.3, -0.25) is 0 Å². The standard InChI is InChI=1S/C25H31F2NO3/c1-25(2,3)13-16-4-5-24-21(11-16)22(6-7-31-24)28-14-23(30)18(15-29)8-17-9-19(26)12-20(27)10-17/h4-5,9-12,15,18,22-23,28,30H,6-8,13-14H2,1-3H3. The van der Waals surface area contributed by atoms with Crippen LogP contribution in [-0.4, -0.2) is 30.6 Å². The lowest BCUT2D eigenvalue weighted by atomic mass is 9.86. The predicted octanol–water partition coefficient (Wildman–Crippen LogP) is 4.39. The molecular formula is C25H31F2NO3. The summed E-state index contributed by atoms with van der Waals surface area (Å²) in [6.07, 6.45) is 1.43. The number of hydrogen-bond donors (Lipinski definition) is 2. The summed E-state index contributed by atoms with van der Waals surface area (Å²) in [6.45, 7) is 7.34. The average Bonchev–Trinajstić information content (AvgIpc) is 2.68. The van der Waals surface area contributed by atoms with Crippen molar-refractivity contribution < 1.29 is 23.4 Å². The summed E-state index contributed by atoms with van der Waals surface area (Å²) in [5.74, 6) is -1.33. The monoisotopic (exact) mass is 431 g/mol. The molecule has 2 aromatic rings. The van der Waals surface area contributed by atoms with Crippen LogP contribution in [0.5, 0.6) is 5.75 Å². The molecule has 1 aliphatic heterocycles. The molecule has 0 amide bonds. The second kappa shape index (κ2) is 9.88. The van der Waals surface area contributed by atoms with Gasteiger partial charge in [0, 0.05) is 36.6 Å². The van der Waals surface area contributed by atoms with Gasteiger partial charge in [0.1, 0.15) is 23.7 Å². The van der Waals surface area contributed by atoms with Crippen LogP contribution >= 0.6 is 0 Å². The zero-order chi connectivity index (χ0) is 22.6. The zero-order valence-corrected chi connectivity index (χ0v) is 18.3. The van der Waals surface area contributed by atoms with Crippen molar-refractivity contribution in [2.24, 2.45) is 11.3 Å². The number of carbonyl (C=O) groups is 1. The molecule has 0 aliphatic carbocycles. The fourth-order valence-corrected chi connectivity index (χ4v) is 4.07. The molecule has 0 spiro atoms. The number of halogens is 2. The molecule has 6 heteroatoms. The Morgan fingerprint density at radius 2 is 1.87 bits per heavy atom. The Balaban J connectivity index is 1.66. The van der Waals surface area contributed by atoms with Crippen molar-refractivity contribution >= 4 is 6.29 Å². The van der Waals surface area contributed by atoms with Crippen LogP contribution in [0.25, 0.3) is 0 Å². The van der Waals surface area contributed by atoms with Gasteiger partial charge < -0.3 is 20.0 Å². The van der Waals surface area contributed by atoms with E-state index in [0.29, 0.717) is 18.5 Å². The van der Waals surface area contributed by atoms with Crippen molar-refractivity contribution in [2.45, 2.75) is 52.2 Å². The lowest BCUT2D eigenvalue weighted by molar-refractivity contribution is -0.114. The number of hydrogen-bond acceptors (Lipinski definition) is 4. The minimum Gasteiger partial charge on any atom is -0.493 e. The van der Waals surface area contributed by atoms with Crippen molar-refractivity contribution in [1.29, 1.82) is 0 Å². The molecule has 0 saturated carbocycles. The summed E-state index contributed by atoms with van der Waals surface area (Å²) >= 11 is 0. The first-order valence-corrected chi connectivity index (χ1v) is 10.7. The topological polar surface area (TPSA) is 58.6 Å². The molecule has 2 aromatic carbocycles. The number of nitrogens with one attached hydrogen (secondary N) is 1. The second-order valence-electron chi connectivity index (χ2n) is 9.56. The van der Waals surface area contributed by atoms with Crippen molar-refractivity contribution in [1.82, 2.24) is 5.32 Å².